The Morgan fingerprint density at radius 3 is 2.37 bits per heavy atom. The van der Waals surface area contributed by atoms with Crippen molar-refractivity contribution in [3.05, 3.63) is 93.9 Å². The summed E-state index contributed by atoms with van der Waals surface area (Å²) in [6.07, 6.45) is 0. The maximum atomic E-state index is 12.7. The van der Waals surface area contributed by atoms with Crippen molar-refractivity contribution in [1.82, 2.24) is 19.7 Å². The zero-order chi connectivity index (χ0) is 18.8. The third-order valence-electron chi connectivity index (χ3n) is 4.69. The van der Waals surface area contributed by atoms with Crippen molar-refractivity contribution in [2.45, 2.75) is 20.0 Å². The predicted molar refractivity (Wildman–Crippen MR) is 108 cm³/mol. The summed E-state index contributed by atoms with van der Waals surface area (Å²) in [4.78, 5) is 17.9. The Morgan fingerprint density at radius 2 is 1.67 bits per heavy atom. The van der Waals surface area contributed by atoms with Crippen molar-refractivity contribution in [2.24, 2.45) is 0 Å². The zero-order valence-corrected chi connectivity index (χ0v) is 15.5. The largest absolute Gasteiger partial charge is 0.306 e. The molecule has 0 fully saturated rings. The smallest absolute Gasteiger partial charge is 0.254 e. The minimum absolute atomic E-state index is 0.0699. The number of hydrogen-bond donors (Lipinski definition) is 1. The van der Waals surface area contributed by atoms with Crippen LogP contribution in [-0.2, 0) is 13.1 Å². The first-order valence-electron chi connectivity index (χ1n) is 9.01. The van der Waals surface area contributed by atoms with E-state index in [1.807, 2.05) is 68.6 Å². The predicted octanol–water partition coefficient (Wildman–Crippen LogP) is 3.65. The average molecular weight is 358 g/mol. The van der Waals surface area contributed by atoms with E-state index >= 15 is 0 Å². The summed E-state index contributed by atoms with van der Waals surface area (Å²) < 4.78 is 1.80. The van der Waals surface area contributed by atoms with Crippen molar-refractivity contribution < 1.29 is 0 Å². The number of rotatable bonds is 5. The van der Waals surface area contributed by atoms with E-state index in [0.717, 1.165) is 34.5 Å². The maximum Gasteiger partial charge on any atom is 0.254 e. The maximum absolute atomic E-state index is 12.7. The van der Waals surface area contributed by atoms with Gasteiger partial charge in [-0.3, -0.25) is 9.69 Å². The van der Waals surface area contributed by atoms with Crippen LogP contribution in [0.3, 0.4) is 0 Å². The molecule has 1 N–H and O–H groups in total. The van der Waals surface area contributed by atoms with E-state index in [-0.39, 0.29) is 5.56 Å². The molecule has 0 aliphatic heterocycles. The van der Waals surface area contributed by atoms with Gasteiger partial charge in [-0.2, -0.15) is 5.10 Å². The van der Waals surface area contributed by atoms with Crippen LogP contribution in [0.5, 0.6) is 0 Å². The van der Waals surface area contributed by atoms with Gasteiger partial charge in [0.25, 0.3) is 5.56 Å². The highest BCUT2D eigenvalue weighted by Gasteiger charge is 2.14. The van der Waals surface area contributed by atoms with Crippen LogP contribution in [0.4, 0.5) is 0 Å². The number of para-hydroxylation sites is 1. The molecule has 0 atom stereocenters. The number of H-pyrrole nitrogens is 1. The Bertz CT molecular complexity index is 1110. The third-order valence-corrected chi connectivity index (χ3v) is 4.69. The summed E-state index contributed by atoms with van der Waals surface area (Å²) >= 11 is 0. The van der Waals surface area contributed by atoms with E-state index in [9.17, 15) is 4.79 Å². The Kier molecular flexibility index (Phi) is 4.60. The number of nitrogens with zero attached hydrogens (tertiary/aromatic N) is 3. The summed E-state index contributed by atoms with van der Waals surface area (Å²) in [6, 6.07) is 22.1. The van der Waals surface area contributed by atoms with Gasteiger partial charge in [-0.15, -0.1) is 0 Å². The first kappa shape index (κ1) is 17.2. The van der Waals surface area contributed by atoms with Gasteiger partial charge in [0, 0.05) is 24.0 Å². The number of benzene rings is 2. The van der Waals surface area contributed by atoms with Crippen LogP contribution >= 0.6 is 0 Å². The summed E-state index contributed by atoms with van der Waals surface area (Å²) in [6.45, 7) is 3.34. The number of fused-ring (bicyclic) bond motifs is 1. The second kappa shape index (κ2) is 7.21. The molecule has 5 heteroatoms. The highest BCUT2D eigenvalue weighted by molar-refractivity contribution is 5.80. The normalized spacial score (nSPS) is 11.4. The van der Waals surface area contributed by atoms with Crippen molar-refractivity contribution in [3.63, 3.8) is 0 Å². The molecule has 0 aliphatic rings. The fourth-order valence-corrected chi connectivity index (χ4v) is 3.38. The Balaban J connectivity index is 1.66. The van der Waals surface area contributed by atoms with Gasteiger partial charge >= 0.3 is 0 Å². The average Bonchev–Trinajstić information content (AvgIpc) is 2.99. The molecule has 2 aromatic carbocycles. The van der Waals surface area contributed by atoms with Crippen LogP contribution in [-0.4, -0.2) is 26.7 Å². The molecule has 0 saturated carbocycles. The first-order chi connectivity index (χ1) is 13.1. The number of nitrogens with one attached hydrogen (secondary N) is 1. The van der Waals surface area contributed by atoms with E-state index < -0.39 is 0 Å². The van der Waals surface area contributed by atoms with Gasteiger partial charge in [0.15, 0.2) is 0 Å². The molecule has 4 aromatic rings. The summed E-state index contributed by atoms with van der Waals surface area (Å²) in [5, 5.41) is 5.60. The molecule has 0 saturated heterocycles. The highest BCUT2D eigenvalue weighted by Crippen LogP contribution is 2.20. The van der Waals surface area contributed by atoms with Gasteiger partial charge in [0.05, 0.1) is 11.4 Å². The quantitative estimate of drug-likeness (QED) is 0.592. The van der Waals surface area contributed by atoms with Crippen LogP contribution in [0.25, 0.3) is 16.7 Å². The van der Waals surface area contributed by atoms with E-state index in [4.69, 9.17) is 0 Å². The molecule has 2 aromatic heterocycles. The minimum Gasteiger partial charge on any atom is -0.306 e. The van der Waals surface area contributed by atoms with E-state index in [2.05, 4.69) is 27.1 Å². The molecule has 0 radical (unpaired) electrons. The number of aryl methyl sites for hydroxylation is 1. The lowest BCUT2D eigenvalue weighted by Crippen LogP contribution is -2.23. The minimum atomic E-state index is -0.0699. The zero-order valence-electron chi connectivity index (χ0n) is 15.5. The van der Waals surface area contributed by atoms with Crippen LogP contribution < -0.4 is 5.56 Å². The van der Waals surface area contributed by atoms with Gasteiger partial charge in [-0.05, 0) is 37.7 Å². The molecule has 4 rings (SSSR count). The molecule has 0 spiro atoms. The monoisotopic (exact) mass is 358 g/mol. The fraction of sp³-hybridized carbons (Fsp3) is 0.182. The van der Waals surface area contributed by atoms with Crippen LogP contribution in [0.15, 0.2) is 71.5 Å². The van der Waals surface area contributed by atoms with Crippen LogP contribution in [0.1, 0.15) is 16.8 Å². The number of pyridine rings is 1. The lowest BCUT2D eigenvalue weighted by molar-refractivity contribution is 0.318. The highest BCUT2D eigenvalue weighted by atomic mass is 16.1. The van der Waals surface area contributed by atoms with Gasteiger partial charge < -0.3 is 4.98 Å². The molecular formula is C22H22N4O. The number of hydrogen-bond acceptors (Lipinski definition) is 3. The molecule has 5 nitrogen and oxygen atoms in total. The van der Waals surface area contributed by atoms with E-state index in [0.29, 0.717) is 6.54 Å². The van der Waals surface area contributed by atoms with Crippen molar-refractivity contribution >= 4 is 11.0 Å². The second-order valence-electron chi connectivity index (χ2n) is 6.88. The standard InChI is InChI=1S/C22H22N4O/c1-16-20-13-18(15-25(2)14-17-9-5-3-6-10-17)22(27)23-21(20)26(24-16)19-11-7-4-8-12-19/h3-13H,14-15H2,1-2H3,(H,23,27). The molecule has 0 amide bonds. The molecule has 136 valence electrons. The molecule has 2 heterocycles. The summed E-state index contributed by atoms with van der Waals surface area (Å²) in [7, 11) is 2.02. The molecule has 0 bridgehead atoms. The van der Waals surface area contributed by atoms with E-state index in [1.165, 1.54) is 5.56 Å². The third kappa shape index (κ3) is 3.55. The second-order valence-corrected chi connectivity index (χ2v) is 6.88. The van der Waals surface area contributed by atoms with Gasteiger partial charge in [-0.25, -0.2) is 4.68 Å². The molecule has 27 heavy (non-hydrogen) atoms. The van der Waals surface area contributed by atoms with Crippen molar-refractivity contribution in [1.29, 1.82) is 0 Å². The topological polar surface area (TPSA) is 53.9 Å². The Morgan fingerprint density at radius 1 is 1.00 bits per heavy atom. The molecule has 0 unspecified atom stereocenters. The first-order valence-corrected chi connectivity index (χ1v) is 9.01. The molecular weight excluding hydrogens is 336 g/mol. The SMILES string of the molecule is Cc1nn(-c2ccccc2)c2[nH]c(=O)c(CN(C)Cc3ccccc3)cc12. The Labute approximate surface area is 157 Å². The number of aromatic nitrogens is 3. The lowest BCUT2D eigenvalue weighted by Gasteiger charge is -2.16. The lowest BCUT2D eigenvalue weighted by atomic mass is 10.1. The Hall–Kier alpha value is -3.18. The van der Waals surface area contributed by atoms with Gasteiger partial charge in [0.1, 0.15) is 5.65 Å². The van der Waals surface area contributed by atoms with Crippen molar-refractivity contribution in [3.8, 4) is 5.69 Å². The van der Waals surface area contributed by atoms with E-state index in [1.54, 1.807) is 4.68 Å². The number of aromatic amines is 1. The molecule has 0 aliphatic carbocycles. The fourth-order valence-electron chi connectivity index (χ4n) is 3.38. The van der Waals surface area contributed by atoms with Crippen LogP contribution in [0.2, 0.25) is 0 Å². The summed E-state index contributed by atoms with van der Waals surface area (Å²) in [5.41, 5.74) is 4.47. The van der Waals surface area contributed by atoms with Crippen LogP contribution in [0, 0.1) is 6.92 Å². The van der Waals surface area contributed by atoms with Crippen molar-refractivity contribution in [2.75, 3.05) is 7.05 Å². The van der Waals surface area contributed by atoms with Gasteiger partial charge in [-0.1, -0.05) is 48.5 Å². The van der Waals surface area contributed by atoms with Gasteiger partial charge in [0.2, 0.25) is 0 Å². The summed E-state index contributed by atoms with van der Waals surface area (Å²) in [5.74, 6) is 0.